The molecule has 0 aliphatic carbocycles. The van der Waals surface area contributed by atoms with Gasteiger partial charge in [0.25, 0.3) is 0 Å². The number of rotatable bonds is 4. The Morgan fingerprint density at radius 2 is 1.71 bits per heavy atom. The minimum Gasteiger partial charge on any atom is -0.490 e. The Balaban J connectivity index is 1.23. The molecule has 3 fully saturated rings. The third-order valence-electron chi connectivity index (χ3n) is 5.87. The lowest BCUT2D eigenvalue weighted by molar-refractivity contribution is -0.134. The van der Waals surface area contributed by atoms with Crippen molar-refractivity contribution in [2.45, 2.75) is 63.1 Å². The fraction of sp³-hybridized carbons (Fsp3) is 0.650. The monoisotopic (exact) mass is 328 g/mol. The topological polar surface area (TPSA) is 41.6 Å². The average Bonchev–Trinajstić information content (AvgIpc) is 2.95. The van der Waals surface area contributed by atoms with Gasteiger partial charge in [0.2, 0.25) is 5.91 Å². The quantitative estimate of drug-likeness (QED) is 0.924. The van der Waals surface area contributed by atoms with E-state index in [4.69, 9.17) is 4.74 Å². The summed E-state index contributed by atoms with van der Waals surface area (Å²) in [6, 6.07) is 11.4. The van der Waals surface area contributed by atoms with Gasteiger partial charge in [-0.2, -0.15) is 0 Å². The van der Waals surface area contributed by atoms with Crippen LogP contribution in [0.25, 0.3) is 0 Å². The third kappa shape index (κ3) is 3.75. The first-order chi connectivity index (χ1) is 11.8. The first-order valence-corrected chi connectivity index (χ1v) is 9.52. The Morgan fingerprint density at radius 1 is 1.04 bits per heavy atom. The van der Waals surface area contributed by atoms with Crippen LogP contribution in [-0.2, 0) is 4.79 Å². The molecule has 4 heteroatoms. The molecule has 1 aromatic carbocycles. The molecular weight excluding hydrogens is 300 g/mol. The molecule has 3 aliphatic rings. The summed E-state index contributed by atoms with van der Waals surface area (Å²) in [5.74, 6) is 1.89. The molecule has 24 heavy (non-hydrogen) atoms. The fourth-order valence-electron chi connectivity index (χ4n) is 4.63. The number of hydrogen-bond donors (Lipinski definition) is 1. The van der Waals surface area contributed by atoms with Crippen LogP contribution in [0.5, 0.6) is 5.75 Å². The minimum atomic E-state index is 0.242. The number of benzene rings is 1. The molecule has 0 aromatic heterocycles. The molecule has 1 N–H and O–H groups in total. The Bertz CT molecular complexity index is 542. The second kappa shape index (κ2) is 7.14. The maximum absolute atomic E-state index is 12.6. The number of likely N-dealkylation sites (tertiary alicyclic amines) is 1. The minimum absolute atomic E-state index is 0.242. The molecule has 130 valence electrons. The number of hydrogen-bond acceptors (Lipinski definition) is 3. The zero-order chi connectivity index (χ0) is 16.4. The van der Waals surface area contributed by atoms with Crippen LogP contribution < -0.4 is 10.1 Å². The average molecular weight is 328 g/mol. The normalized spacial score (nSPS) is 30.3. The SMILES string of the molecule is O=C(CC1CC2CCC(C1)N2)N1CCC(Oc2ccccc2)CC1. The van der Waals surface area contributed by atoms with Crippen molar-refractivity contribution in [1.82, 2.24) is 10.2 Å². The van der Waals surface area contributed by atoms with E-state index in [1.165, 1.54) is 25.7 Å². The molecule has 0 saturated carbocycles. The molecule has 1 amide bonds. The molecule has 3 saturated heterocycles. The molecule has 0 radical (unpaired) electrons. The summed E-state index contributed by atoms with van der Waals surface area (Å²) in [5.41, 5.74) is 0. The lowest BCUT2D eigenvalue weighted by Gasteiger charge is -2.34. The number of ether oxygens (including phenoxy) is 1. The van der Waals surface area contributed by atoms with Gasteiger partial charge < -0.3 is 15.0 Å². The van der Waals surface area contributed by atoms with E-state index in [1.54, 1.807) is 0 Å². The van der Waals surface area contributed by atoms with Gasteiger partial charge in [0.15, 0.2) is 0 Å². The predicted molar refractivity (Wildman–Crippen MR) is 94.0 cm³/mol. The van der Waals surface area contributed by atoms with Crippen LogP contribution in [0.1, 0.15) is 44.9 Å². The highest BCUT2D eigenvalue weighted by atomic mass is 16.5. The number of amides is 1. The summed E-state index contributed by atoms with van der Waals surface area (Å²) >= 11 is 0. The van der Waals surface area contributed by atoms with Gasteiger partial charge in [0.05, 0.1) is 0 Å². The summed E-state index contributed by atoms with van der Waals surface area (Å²) in [7, 11) is 0. The number of para-hydroxylation sites is 1. The second-order valence-corrected chi connectivity index (χ2v) is 7.69. The number of piperidine rings is 2. The highest BCUT2D eigenvalue weighted by molar-refractivity contribution is 5.76. The van der Waals surface area contributed by atoms with E-state index < -0.39 is 0 Å². The summed E-state index contributed by atoms with van der Waals surface area (Å²) in [6.45, 7) is 1.68. The second-order valence-electron chi connectivity index (χ2n) is 7.69. The largest absolute Gasteiger partial charge is 0.490 e. The standard InChI is InChI=1S/C20H28N2O2/c23-20(14-15-12-16-6-7-17(13-15)21-16)22-10-8-19(9-11-22)24-18-4-2-1-3-5-18/h1-5,15-17,19,21H,6-14H2. The molecular formula is C20H28N2O2. The molecule has 1 aromatic rings. The molecule has 2 unspecified atom stereocenters. The van der Waals surface area contributed by atoms with E-state index in [2.05, 4.69) is 10.2 Å². The lowest BCUT2D eigenvalue weighted by atomic mass is 9.89. The van der Waals surface area contributed by atoms with Gasteiger partial charge in [-0.25, -0.2) is 0 Å². The van der Waals surface area contributed by atoms with E-state index in [1.807, 2.05) is 30.3 Å². The third-order valence-corrected chi connectivity index (χ3v) is 5.87. The number of carbonyl (C=O) groups is 1. The Kier molecular flexibility index (Phi) is 4.74. The first kappa shape index (κ1) is 15.9. The highest BCUT2D eigenvalue weighted by Gasteiger charge is 2.35. The van der Waals surface area contributed by atoms with Crippen molar-refractivity contribution >= 4 is 5.91 Å². The summed E-state index contributed by atoms with van der Waals surface area (Å²) in [5, 5.41) is 3.66. The summed E-state index contributed by atoms with van der Waals surface area (Å²) < 4.78 is 6.02. The van der Waals surface area contributed by atoms with Crippen LogP contribution in [0, 0.1) is 5.92 Å². The fourth-order valence-corrected chi connectivity index (χ4v) is 4.63. The highest BCUT2D eigenvalue weighted by Crippen LogP contribution is 2.33. The van der Waals surface area contributed by atoms with Crippen LogP contribution in [0.15, 0.2) is 30.3 Å². The number of fused-ring (bicyclic) bond motifs is 2. The summed E-state index contributed by atoms with van der Waals surface area (Å²) in [6.07, 6.45) is 7.86. The Labute approximate surface area is 144 Å². The lowest BCUT2D eigenvalue weighted by Crippen LogP contribution is -2.44. The maximum Gasteiger partial charge on any atom is 0.222 e. The predicted octanol–water partition coefficient (Wildman–Crippen LogP) is 2.98. The molecule has 4 nitrogen and oxygen atoms in total. The van der Waals surface area contributed by atoms with Gasteiger partial charge in [-0.05, 0) is 43.7 Å². The van der Waals surface area contributed by atoms with Crippen molar-refractivity contribution in [3.8, 4) is 5.75 Å². The number of nitrogens with one attached hydrogen (secondary N) is 1. The molecule has 3 aliphatic heterocycles. The van der Waals surface area contributed by atoms with E-state index in [0.717, 1.165) is 38.1 Å². The van der Waals surface area contributed by atoms with Gasteiger partial charge in [0, 0.05) is 44.4 Å². The van der Waals surface area contributed by atoms with Gasteiger partial charge >= 0.3 is 0 Å². The van der Waals surface area contributed by atoms with Crippen molar-refractivity contribution < 1.29 is 9.53 Å². The van der Waals surface area contributed by atoms with Crippen molar-refractivity contribution in [3.05, 3.63) is 30.3 Å². The van der Waals surface area contributed by atoms with Gasteiger partial charge in [0.1, 0.15) is 11.9 Å². The zero-order valence-corrected chi connectivity index (χ0v) is 14.3. The van der Waals surface area contributed by atoms with Crippen molar-refractivity contribution in [1.29, 1.82) is 0 Å². The van der Waals surface area contributed by atoms with Crippen LogP contribution in [0.2, 0.25) is 0 Å². The zero-order valence-electron chi connectivity index (χ0n) is 14.3. The van der Waals surface area contributed by atoms with Crippen LogP contribution >= 0.6 is 0 Å². The van der Waals surface area contributed by atoms with E-state index in [-0.39, 0.29) is 6.10 Å². The van der Waals surface area contributed by atoms with Crippen LogP contribution in [-0.4, -0.2) is 42.1 Å². The van der Waals surface area contributed by atoms with E-state index in [9.17, 15) is 4.79 Å². The van der Waals surface area contributed by atoms with Crippen LogP contribution in [0.4, 0.5) is 0 Å². The van der Waals surface area contributed by atoms with Crippen molar-refractivity contribution in [2.24, 2.45) is 5.92 Å². The first-order valence-electron chi connectivity index (χ1n) is 9.52. The Morgan fingerprint density at radius 3 is 2.38 bits per heavy atom. The van der Waals surface area contributed by atoms with Gasteiger partial charge in [-0.3, -0.25) is 4.79 Å². The smallest absolute Gasteiger partial charge is 0.222 e. The van der Waals surface area contributed by atoms with Crippen LogP contribution in [0.3, 0.4) is 0 Å². The van der Waals surface area contributed by atoms with Gasteiger partial charge in [-0.15, -0.1) is 0 Å². The Hall–Kier alpha value is -1.55. The molecule has 4 rings (SSSR count). The van der Waals surface area contributed by atoms with E-state index >= 15 is 0 Å². The maximum atomic E-state index is 12.6. The van der Waals surface area contributed by atoms with Crippen molar-refractivity contribution in [2.75, 3.05) is 13.1 Å². The van der Waals surface area contributed by atoms with Gasteiger partial charge in [-0.1, -0.05) is 18.2 Å². The molecule has 3 heterocycles. The summed E-state index contributed by atoms with van der Waals surface area (Å²) in [4.78, 5) is 14.7. The number of carbonyl (C=O) groups excluding carboxylic acids is 1. The molecule has 2 atom stereocenters. The van der Waals surface area contributed by atoms with E-state index in [0.29, 0.717) is 23.9 Å². The number of nitrogens with zero attached hydrogens (tertiary/aromatic N) is 1. The molecule has 2 bridgehead atoms. The molecule has 0 spiro atoms. The van der Waals surface area contributed by atoms with Crippen molar-refractivity contribution in [3.63, 3.8) is 0 Å².